The Hall–Kier alpha value is -1.38. The molecule has 6 nitrogen and oxygen atoms in total. The molecule has 2 aliphatic rings. The summed E-state index contributed by atoms with van der Waals surface area (Å²) in [5.74, 6) is 1.73. The number of amides is 1. The van der Waals surface area contributed by atoms with Crippen LogP contribution in [-0.4, -0.2) is 56.0 Å². The Balaban J connectivity index is 1.80. The highest BCUT2D eigenvalue weighted by Crippen LogP contribution is 2.40. The number of ether oxygens (including phenoxy) is 3. The Morgan fingerprint density at radius 3 is 2.76 bits per heavy atom. The van der Waals surface area contributed by atoms with Gasteiger partial charge in [-0.2, -0.15) is 0 Å². The quantitative estimate of drug-likeness (QED) is 0.601. The first-order chi connectivity index (χ1) is 11.8. The number of piperazine rings is 1. The normalized spacial score (nSPS) is 20.1. The summed E-state index contributed by atoms with van der Waals surface area (Å²) in [4.78, 5) is 16.5. The summed E-state index contributed by atoms with van der Waals surface area (Å²) in [7, 11) is 1.68. The molecular formula is C18H25IN2O4. The van der Waals surface area contributed by atoms with Gasteiger partial charge in [0, 0.05) is 32.1 Å². The third kappa shape index (κ3) is 4.07. The number of hydrogen-bond acceptors (Lipinski definition) is 5. The van der Waals surface area contributed by atoms with E-state index in [-0.39, 0.29) is 12.1 Å². The van der Waals surface area contributed by atoms with Crippen LogP contribution in [0.1, 0.15) is 27.2 Å². The number of fused-ring (bicyclic) bond motifs is 3. The molecule has 0 spiro atoms. The fourth-order valence-corrected chi connectivity index (χ4v) is 3.90. The molecule has 0 aromatic heterocycles. The van der Waals surface area contributed by atoms with Crippen LogP contribution in [0.4, 0.5) is 10.5 Å². The summed E-state index contributed by atoms with van der Waals surface area (Å²) in [6, 6.07) is 4.28. The molecule has 1 aromatic rings. The van der Waals surface area contributed by atoms with Crippen LogP contribution in [0.15, 0.2) is 12.1 Å². The number of hydrogen-bond donors (Lipinski definition) is 0. The van der Waals surface area contributed by atoms with E-state index in [1.165, 1.54) is 0 Å². The molecule has 3 rings (SSSR count). The van der Waals surface area contributed by atoms with Crippen molar-refractivity contribution >= 4 is 34.4 Å². The molecule has 2 heterocycles. The maximum absolute atomic E-state index is 12.4. The van der Waals surface area contributed by atoms with E-state index in [4.69, 9.17) is 14.2 Å². The van der Waals surface area contributed by atoms with Crippen LogP contribution in [0.3, 0.4) is 0 Å². The smallest absolute Gasteiger partial charge is 0.410 e. The summed E-state index contributed by atoms with van der Waals surface area (Å²) in [5.41, 5.74) is 0.570. The number of anilines is 1. The summed E-state index contributed by atoms with van der Waals surface area (Å²) >= 11 is 2.26. The summed E-state index contributed by atoms with van der Waals surface area (Å²) < 4.78 is 18.0. The Morgan fingerprint density at radius 1 is 1.32 bits per heavy atom. The largest absolute Gasteiger partial charge is 0.496 e. The third-order valence-electron chi connectivity index (χ3n) is 4.39. The maximum Gasteiger partial charge on any atom is 0.410 e. The molecule has 7 heteroatoms. The van der Waals surface area contributed by atoms with Gasteiger partial charge >= 0.3 is 6.09 Å². The van der Waals surface area contributed by atoms with Gasteiger partial charge in [-0.25, -0.2) is 4.79 Å². The van der Waals surface area contributed by atoms with Crippen molar-refractivity contribution in [3.8, 4) is 11.5 Å². The average Bonchev–Trinajstić information content (AvgIpc) is 2.70. The first-order valence-electron chi connectivity index (χ1n) is 8.53. The molecule has 138 valence electrons. The third-order valence-corrected chi connectivity index (χ3v) is 5.23. The van der Waals surface area contributed by atoms with Crippen molar-refractivity contribution in [2.24, 2.45) is 0 Å². The van der Waals surface area contributed by atoms with Crippen LogP contribution in [0.25, 0.3) is 0 Å². The lowest BCUT2D eigenvalue weighted by atomic mass is 10.1. The van der Waals surface area contributed by atoms with Crippen molar-refractivity contribution in [2.45, 2.75) is 38.8 Å². The molecule has 1 fully saturated rings. The Kier molecular flexibility index (Phi) is 5.22. The first kappa shape index (κ1) is 18.4. The van der Waals surface area contributed by atoms with Crippen molar-refractivity contribution in [3.05, 3.63) is 15.7 Å². The summed E-state index contributed by atoms with van der Waals surface area (Å²) in [6.07, 6.45) is 0.630. The summed E-state index contributed by atoms with van der Waals surface area (Å²) in [5, 5.41) is 0. The van der Waals surface area contributed by atoms with E-state index in [0.29, 0.717) is 19.7 Å². The first-order valence-corrected chi connectivity index (χ1v) is 9.61. The molecule has 0 bridgehead atoms. The number of benzene rings is 1. The van der Waals surface area contributed by atoms with Crippen LogP contribution in [0.5, 0.6) is 11.5 Å². The molecule has 0 aliphatic carbocycles. The van der Waals surface area contributed by atoms with Crippen LogP contribution in [0, 0.1) is 3.57 Å². The highest BCUT2D eigenvalue weighted by Gasteiger charge is 2.35. The zero-order chi connectivity index (χ0) is 18.2. The summed E-state index contributed by atoms with van der Waals surface area (Å²) in [6.45, 7) is 8.36. The number of carbonyl (C=O) groups is 1. The number of halogens is 1. The molecule has 0 radical (unpaired) electrons. The van der Waals surface area contributed by atoms with Gasteiger partial charge in [-0.1, -0.05) is 0 Å². The van der Waals surface area contributed by atoms with Gasteiger partial charge in [-0.3, -0.25) is 0 Å². The second kappa shape index (κ2) is 7.09. The lowest BCUT2D eigenvalue weighted by molar-refractivity contribution is 0.0211. The monoisotopic (exact) mass is 460 g/mol. The Morgan fingerprint density at radius 2 is 2.08 bits per heavy atom. The van der Waals surface area contributed by atoms with Crippen LogP contribution < -0.4 is 14.4 Å². The lowest BCUT2D eigenvalue weighted by Crippen LogP contribution is -2.55. The number of carbonyl (C=O) groups excluding carboxylic acids is 1. The van der Waals surface area contributed by atoms with Gasteiger partial charge in [0.1, 0.15) is 17.1 Å². The van der Waals surface area contributed by atoms with E-state index in [0.717, 1.165) is 33.7 Å². The minimum Gasteiger partial charge on any atom is -0.496 e. The molecule has 0 saturated carbocycles. The molecular weight excluding hydrogens is 435 g/mol. The maximum atomic E-state index is 12.4. The van der Waals surface area contributed by atoms with E-state index in [9.17, 15) is 4.79 Å². The molecule has 1 aromatic carbocycles. The van der Waals surface area contributed by atoms with Gasteiger partial charge in [0.2, 0.25) is 0 Å². The SMILES string of the molecule is COc1cc2c(cc1I)OCC[C@H]1CN(C(=O)OC(C)(C)C)CCN21. The highest BCUT2D eigenvalue weighted by molar-refractivity contribution is 14.1. The molecule has 25 heavy (non-hydrogen) atoms. The molecule has 0 N–H and O–H groups in total. The topological polar surface area (TPSA) is 51.2 Å². The van der Waals surface area contributed by atoms with E-state index in [2.05, 4.69) is 27.5 Å². The second-order valence-electron chi connectivity index (χ2n) is 7.37. The van der Waals surface area contributed by atoms with Gasteiger partial charge in [-0.05, 0) is 49.4 Å². The molecule has 0 unspecified atom stereocenters. The Labute approximate surface area is 162 Å². The zero-order valence-corrected chi connectivity index (χ0v) is 17.3. The molecule has 2 aliphatic heterocycles. The van der Waals surface area contributed by atoms with E-state index in [1.54, 1.807) is 12.0 Å². The standard InChI is InChI=1S/C18H25IN2O4/c1-18(2,3)25-17(22)20-6-7-21-12(11-20)5-8-24-16-9-13(19)15(23-4)10-14(16)21/h9-10,12H,5-8,11H2,1-4H3/t12-/m0/s1. The number of rotatable bonds is 1. The van der Waals surface area contributed by atoms with Crippen LogP contribution >= 0.6 is 22.6 Å². The van der Waals surface area contributed by atoms with Crippen molar-refractivity contribution in [1.82, 2.24) is 4.90 Å². The second-order valence-corrected chi connectivity index (χ2v) is 8.53. The van der Waals surface area contributed by atoms with E-state index >= 15 is 0 Å². The van der Waals surface area contributed by atoms with Gasteiger partial charge in [0.15, 0.2) is 0 Å². The predicted molar refractivity (Wildman–Crippen MR) is 105 cm³/mol. The van der Waals surface area contributed by atoms with Crippen molar-refractivity contribution in [3.63, 3.8) is 0 Å². The van der Waals surface area contributed by atoms with Crippen molar-refractivity contribution in [1.29, 1.82) is 0 Å². The minimum absolute atomic E-state index is 0.215. The number of nitrogens with zero attached hydrogens (tertiary/aromatic N) is 2. The van der Waals surface area contributed by atoms with Gasteiger partial charge in [0.05, 0.1) is 29.0 Å². The zero-order valence-electron chi connectivity index (χ0n) is 15.2. The van der Waals surface area contributed by atoms with Crippen LogP contribution in [-0.2, 0) is 4.74 Å². The van der Waals surface area contributed by atoms with Gasteiger partial charge in [-0.15, -0.1) is 0 Å². The Bertz CT molecular complexity index is 659. The molecule has 1 atom stereocenters. The highest BCUT2D eigenvalue weighted by atomic mass is 127. The lowest BCUT2D eigenvalue weighted by Gasteiger charge is -2.42. The average molecular weight is 460 g/mol. The van der Waals surface area contributed by atoms with Crippen molar-refractivity contribution in [2.75, 3.05) is 38.3 Å². The molecule has 1 saturated heterocycles. The predicted octanol–water partition coefficient (Wildman–Crippen LogP) is 3.51. The molecule has 1 amide bonds. The van der Waals surface area contributed by atoms with E-state index < -0.39 is 5.60 Å². The van der Waals surface area contributed by atoms with Gasteiger partial charge in [0.25, 0.3) is 0 Å². The fraction of sp³-hybridized carbons (Fsp3) is 0.611. The van der Waals surface area contributed by atoms with Crippen molar-refractivity contribution < 1.29 is 19.0 Å². The van der Waals surface area contributed by atoms with E-state index in [1.807, 2.05) is 32.9 Å². The van der Waals surface area contributed by atoms with Crippen LogP contribution in [0.2, 0.25) is 0 Å². The minimum atomic E-state index is -0.475. The van der Waals surface area contributed by atoms with Gasteiger partial charge < -0.3 is 24.0 Å². The number of methoxy groups -OCH3 is 1. The fourth-order valence-electron chi connectivity index (χ4n) is 3.24.